The number of pyridine rings is 1. The molecule has 1 aromatic heterocycles. The van der Waals surface area contributed by atoms with Gasteiger partial charge in [0.05, 0.1) is 13.2 Å². The van der Waals surface area contributed by atoms with Crippen LogP contribution in [0.1, 0.15) is 11.3 Å². The first-order valence-electron chi connectivity index (χ1n) is 9.29. The molecule has 0 atom stereocenters. The van der Waals surface area contributed by atoms with Gasteiger partial charge in [0, 0.05) is 29.7 Å². The van der Waals surface area contributed by atoms with Gasteiger partial charge in [-0.2, -0.15) is 0 Å². The van der Waals surface area contributed by atoms with Crippen LogP contribution in [0.5, 0.6) is 0 Å². The fourth-order valence-corrected chi connectivity index (χ4v) is 4.40. The van der Waals surface area contributed by atoms with Crippen LogP contribution in [0.4, 0.5) is 5.82 Å². The molecule has 3 heteroatoms. The fourth-order valence-electron chi connectivity index (χ4n) is 4.40. The Kier molecular flexibility index (Phi) is 3.57. The average Bonchev–Trinajstić information content (AvgIpc) is 2.70. The minimum atomic E-state index is 0.774. The Balaban J connectivity index is 1.96. The van der Waals surface area contributed by atoms with Gasteiger partial charge in [-0.1, -0.05) is 48.5 Å². The van der Waals surface area contributed by atoms with Gasteiger partial charge in [0.25, 0.3) is 0 Å². The average molecular weight is 342 g/mol. The lowest BCUT2D eigenvalue weighted by atomic mass is 9.91. The van der Waals surface area contributed by atoms with E-state index in [-0.39, 0.29) is 0 Å². The van der Waals surface area contributed by atoms with E-state index in [0.29, 0.717) is 0 Å². The number of ether oxygens (including phenoxy) is 1. The van der Waals surface area contributed by atoms with E-state index in [1.807, 2.05) is 0 Å². The maximum atomic E-state index is 5.54. The first-order chi connectivity index (χ1) is 12.8. The molecule has 0 saturated carbocycles. The van der Waals surface area contributed by atoms with Gasteiger partial charge in [-0.25, -0.2) is 4.98 Å². The number of hydrogen-bond donors (Lipinski definition) is 0. The van der Waals surface area contributed by atoms with Crippen LogP contribution in [0.2, 0.25) is 0 Å². The topological polar surface area (TPSA) is 25.4 Å². The van der Waals surface area contributed by atoms with Crippen molar-refractivity contribution >= 4 is 38.1 Å². The second-order valence-corrected chi connectivity index (χ2v) is 7.09. The standard InChI is InChI=1S/C23H22N2O/c1-15-21-19-9-5-3-7-17(19)18-8-4-6-10-20(18)22(21)16(2)24-23(15)25-11-13-26-14-12-25/h3-10H,11-14H2,1-2H3. The molecular formula is C23H22N2O. The number of aromatic nitrogens is 1. The third kappa shape index (κ3) is 2.20. The summed E-state index contributed by atoms with van der Waals surface area (Å²) in [6, 6.07) is 17.5. The van der Waals surface area contributed by atoms with Crippen LogP contribution in [-0.4, -0.2) is 31.3 Å². The number of nitrogens with zero attached hydrogens (tertiary/aromatic N) is 2. The molecule has 0 spiro atoms. The van der Waals surface area contributed by atoms with Crippen molar-refractivity contribution in [3.63, 3.8) is 0 Å². The number of fused-ring (bicyclic) bond motifs is 6. The van der Waals surface area contributed by atoms with E-state index in [1.165, 1.54) is 37.9 Å². The molecule has 0 unspecified atom stereocenters. The molecule has 1 aliphatic rings. The van der Waals surface area contributed by atoms with E-state index in [9.17, 15) is 0 Å². The Morgan fingerprint density at radius 3 is 1.92 bits per heavy atom. The lowest BCUT2D eigenvalue weighted by molar-refractivity contribution is 0.122. The predicted molar refractivity (Wildman–Crippen MR) is 109 cm³/mol. The fraction of sp³-hybridized carbons (Fsp3) is 0.261. The number of benzene rings is 3. The molecule has 0 radical (unpaired) electrons. The second-order valence-electron chi connectivity index (χ2n) is 7.09. The molecule has 0 bridgehead atoms. The normalized spacial score (nSPS) is 15.2. The summed E-state index contributed by atoms with van der Waals surface area (Å²) in [4.78, 5) is 7.42. The van der Waals surface area contributed by atoms with E-state index in [4.69, 9.17) is 9.72 Å². The number of hydrogen-bond acceptors (Lipinski definition) is 3. The Bertz CT molecular complexity index is 1140. The molecule has 1 saturated heterocycles. The molecule has 130 valence electrons. The van der Waals surface area contributed by atoms with Crippen molar-refractivity contribution in [1.82, 2.24) is 4.98 Å². The molecule has 2 heterocycles. The van der Waals surface area contributed by atoms with Crippen molar-refractivity contribution < 1.29 is 4.74 Å². The minimum absolute atomic E-state index is 0.774. The molecule has 3 nitrogen and oxygen atoms in total. The molecule has 0 N–H and O–H groups in total. The zero-order valence-electron chi connectivity index (χ0n) is 15.2. The molecule has 26 heavy (non-hydrogen) atoms. The number of aryl methyl sites for hydroxylation is 2. The summed E-state index contributed by atoms with van der Waals surface area (Å²) >= 11 is 0. The third-order valence-electron chi connectivity index (χ3n) is 5.59. The summed E-state index contributed by atoms with van der Waals surface area (Å²) in [5, 5.41) is 7.86. The van der Waals surface area contributed by atoms with Gasteiger partial charge >= 0.3 is 0 Å². The van der Waals surface area contributed by atoms with Crippen molar-refractivity contribution in [2.24, 2.45) is 0 Å². The third-order valence-corrected chi connectivity index (χ3v) is 5.59. The van der Waals surface area contributed by atoms with Gasteiger partial charge in [0.15, 0.2) is 0 Å². The Morgan fingerprint density at radius 1 is 0.769 bits per heavy atom. The van der Waals surface area contributed by atoms with Crippen LogP contribution in [-0.2, 0) is 4.74 Å². The highest BCUT2D eigenvalue weighted by atomic mass is 16.5. The largest absolute Gasteiger partial charge is 0.378 e. The van der Waals surface area contributed by atoms with Gasteiger partial charge < -0.3 is 9.64 Å². The van der Waals surface area contributed by atoms with Crippen LogP contribution in [0, 0.1) is 13.8 Å². The quantitative estimate of drug-likeness (QED) is 0.455. The summed E-state index contributed by atoms with van der Waals surface area (Å²) in [5.74, 6) is 1.11. The maximum Gasteiger partial charge on any atom is 0.132 e. The molecule has 0 aliphatic carbocycles. The Labute approximate surface area is 153 Å². The Hall–Kier alpha value is -2.65. The highest BCUT2D eigenvalue weighted by Gasteiger charge is 2.20. The molecule has 5 rings (SSSR count). The predicted octanol–water partition coefficient (Wildman–Crippen LogP) is 4.99. The summed E-state index contributed by atoms with van der Waals surface area (Å²) in [6.45, 7) is 7.73. The zero-order chi connectivity index (χ0) is 17.7. The monoisotopic (exact) mass is 342 g/mol. The van der Waals surface area contributed by atoms with Crippen molar-refractivity contribution in [2.45, 2.75) is 13.8 Å². The van der Waals surface area contributed by atoms with Crippen molar-refractivity contribution in [2.75, 3.05) is 31.2 Å². The van der Waals surface area contributed by atoms with Gasteiger partial charge in [-0.05, 0) is 40.8 Å². The van der Waals surface area contributed by atoms with Crippen molar-refractivity contribution in [1.29, 1.82) is 0 Å². The Morgan fingerprint density at radius 2 is 1.31 bits per heavy atom. The highest BCUT2D eigenvalue weighted by molar-refractivity contribution is 6.27. The zero-order valence-corrected chi connectivity index (χ0v) is 15.2. The van der Waals surface area contributed by atoms with E-state index in [1.54, 1.807) is 0 Å². The number of anilines is 1. The van der Waals surface area contributed by atoms with Gasteiger partial charge in [0.2, 0.25) is 0 Å². The highest BCUT2D eigenvalue weighted by Crippen LogP contribution is 2.40. The van der Waals surface area contributed by atoms with E-state index >= 15 is 0 Å². The molecule has 3 aromatic carbocycles. The molecular weight excluding hydrogens is 320 g/mol. The van der Waals surface area contributed by atoms with Crippen LogP contribution in [0.25, 0.3) is 32.3 Å². The van der Waals surface area contributed by atoms with Crippen LogP contribution >= 0.6 is 0 Å². The van der Waals surface area contributed by atoms with E-state index in [0.717, 1.165) is 37.8 Å². The number of morpholine rings is 1. The SMILES string of the molecule is Cc1nc(N2CCOCC2)c(C)c2c3ccccc3c3ccccc3c12. The van der Waals surface area contributed by atoms with Gasteiger partial charge in [-0.15, -0.1) is 0 Å². The first-order valence-corrected chi connectivity index (χ1v) is 9.29. The molecule has 1 fully saturated rings. The first kappa shape index (κ1) is 15.6. The lowest BCUT2D eigenvalue weighted by Crippen LogP contribution is -2.37. The lowest BCUT2D eigenvalue weighted by Gasteiger charge is -2.30. The smallest absolute Gasteiger partial charge is 0.132 e. The van der Waals surface area contributed by atoms with Crippen LogP contribution < -0.4 is 4.90 Å². The van der Waals surface area contributed by atoms with Crippen LogP contribution in [0.15, 0.2) is 48.5 Å². The number of rotatable bonds is 1. The van der Waals surface area contributed by atoms with E-state index in [2.05, 4.69) is 67.3 Å². The summed E-state index contributed by atoms with van der Waals surface area (Å²) in [6.07, 6.45) is 0. The molecule has 4 aromatic rings. The summed E-state index contributed by atoms with van der Waals surface area (Å²) in [5.41, 5.74) is 2.38. The maximum absolute atomic E-state index is 5.54. The van der Waals surface area contributed by atoms with Crippen molar-refractivity contribution in [3.8, 4) is 0 Å². The summed E-state index contributed by atoms with van der Waals surface area (Å²) < 4.78 is 5.54. The van der Waals surface area contributed by atoms with Crippen molar-refractivity contribution in [3.05, 3.63) is 59.8 Å². The van der Waals surface area contributed by atoms with Gasteiger partial charge in [-0.3, -0.25) is 0 Å². The van der Waals surface area contributed by atoms with E-state index < -0.39 is 0 Å². The summed E-state index contributed by atoms with van der Waals surface area (Å²) in [7, 11) is 0. The molecule has 0 amide bonds. The molecule has 1 aliphatic heterocycles. The van der Waals surface area contributed by atoms with Gasteiger partial charge in [0.1, 0.15) is 5.82 Å². The van der Waals surface area contributed by atoms with Crippen LogP contribution in [0.3, 0.4) is 0 Å². The minimum Gasteiger partial charge on any atom is -0.378 e. The second kappa shape index (κ2) is 5.96.